The Bertz CT molecular complexity index is 1140. The summed E-state index contributed by atoms with van der Waals surface area (Å²) < 4.78 is 0.0573. The zero-order chi connectivity index (χ0) is 55.4. The van der Waals surface area contributed by atoms with E-state index in [0.717, 1.165) is 64.5 Å². The number of hydrogen-bond acceptors (Lipinski definition) is 3. The van der Waals surface area contributed by atoms with Crippen LogP contribution < -0.4 is 0 Å². The van der Waals surface area contributed by atoms with Crippen LogP contribution in [0, 0.1) is 0 Å². The molecule has 0 heterocycles. The van der Waals surface area contributed by atoms with Crippen LogP contribution in [0.25, 0.3) is 0 Å². The zero-order valence-electron chi connectivity index (χ0n) is 53.2. The first-order valence-electron chi connectivity index (χ1n) is 35.6. The third-order valence-corrected chi connectivity index (χ3v) is 17.4. The van der Waals surface area contributed by atoms with E-state index in [1.54, 1.807) is 0 Å². The number of carbonyl (C=O) groups excluding carboxylic acids is 3. The van der Waals surface area contributed by atoms with Crippen LogP contribution in [0.5, 0.6) is 0 Å². The molecular formula is C71H141N2O3+. The summed E-state index contributed by atoms with van der Waals surface area (Å²) in [7, 11) is 0. The van der Waals surface area contributed by atoms with Crippen LogP contribution in [0.2, 0.25) is 0 Å². The lowest BCUT2D eigenvalue weighted by Gasteiger charge is -2.34. The average molecular weight is 1070 g/mol. The van der Waals surface area contributed by atoms with E-state index in [9.17, 15) is 14.4 Å². The van der Waals surface area contributed by atoms with Crippen molar-refractivity contribution in [3.05, 3.63) is 0 Å². The van der Waals surface area contributed by atoms with Gasteiger partial charge in [0.1, 0.15) is 0 Å². The van der Waals surface area contributed by atoms with Gasteiger partial charge in [0.25, 0.3) is 0 Å². The van der Waals surface area contributed by atoms with E-state index in [1.807, 2.05) is 0 Å². The molecule has 0 spiro atoms. The van der Waals surface area contributed by atoms with E-state index >= 15 is 0 Å². The third-order valence-electron chi connectivity index (χ3n) is 17.4. The highest BCUT2D eigenvalue weighted by Crippen LogP contribution is 2.25. The summed E-state index contributed by atoms with van der Waals surface area (Å²) in [6, 6.07) is 0. The molecule has 0 aromatic heterocycles. The maximum absolute atomic E-state index is 15.0. The van der Waals surface area contributed by atoms with Crippen LogP contribution in [0.15, 0.2) is 0 Å². The molecular weight excluding hydrogens is 929 g/mol. The SMILES string of the molecule is CCCCCCCCCCCCCCCCCC(=O)[N+](CCCCCCCCCCCC)(CCCCCCCCCCCC)C(=O)CCCC(=O)N(CCCCCCCCCCCC)CCCCCCCCCCCC. The number of imide groups is 1. The minimum absolute atomic E-state index is 0.0573. The number of unbranched alkanes of at least 4 members (excludes halogenated alkanes) is 50. The molecule has 0 aromatic rings. The summed E-state index contributed by atoms with van der Waals surface area (Å²) in [5, 5.41) is 0. The molecule has 0 rings (SSSR count). The summed E-state index contributed by atoms with van der Waals surface area (Å²) in [6.45, 7) is 14.5. The number of quaternary nitrogens is 1. The number of hydrogen-bond donors (Lipinski definition) is 0. The van der Waals surface area contributed by atoms with Crippen LogP contribution in [0.1, 0.15) is 413 Å². The topological polar surface area (TPSA) is 54.5 Å². The molecule has 0 saturated heterocycles. The summed E-state index contributed by atoms with van der Waals surface area (Å²) >= 11 is 0. The Morgan fingerprint density at radius 1 is 0.224 bits per heavy atom. The Balaban J connectivity index is 5.79. The van der Waals surface area contributed by atoms with Gasteiger partial charge in [0.2, 0.25) is 5.91 Å². The zero-order valence-corrected chi connectivity index (χ0v) is 53.2. The van der Waals surface area contributed by atoms with Crippen LogP contribution in [-0.4, -0.2) is 53.3 Å². The van der Waals surface area contributed by atoms with E-state index in [0.29, 0.717) is 38.8 Å². The Labute approximate surface area is 478 Å². The van der Waals surface area contributed by atoms with Gasteiger partial charge in [0.05, 0.1) is 25.9 Å². The third kappa shape index (κ3) is 48.7. The second kappa shape index (κ2) is 61.4. The minimum Gasteiger partial charge on any atom is -0.343 e. The molecule has 452 valence electrons. The average Bonchev–Trinajstić information content (AvgIpc) is 3.42. The maximum Gasteiger partial charge on any atom is 0.321 e. The molecule has 0 N–H and O–H groups in total. The first-order valence-corrected chi connectivity index (χ1v) is 35.6. The first-order chi connectivity index (χ1) is 37.4. The van der Waals surface area contributed by atoms with Crippen molar-refractivity contribution in [2.45, 2.75) is 413 Å². The van der Waals surface area contributed by atoms with Crippen molar-refractivity contribution in [3.8, 4) is 0 Å². The lowest BCUT2D eigenvalue weighted by atomic mass is 10.0. The highest BCUT2D eigenvalue weighted by Gasteiger charge is 2.42. The van der Waals surface area contributed by atoms with Crippen molar-refractivity contribution in [2.75, 3.05) is 26.2 Å². The molecule has 0 aromatic carbocycles. The van der Waals surface area contributed by atoms with E-state index in [4.69, 9.17) is 0 Å². The molecule has 0 aliphatic heterocycles. The molecule has 0 unspecified atom stereocenters. The fourth-order valence-corrected chi connectivity index (χ4v) is 12.1. The van der Waals surface area contributed by atoms with E-state index in [-0.39, 0.29) is 22.2 Å². The van der Waals surface area contributed by atoms with E-state index < -0.39 is 0 Å². The fourth-order valence-electron chi connectivity index (χ4n) is 12.1. The molecule has 0 fully saturated rings. The highest BCUT2D eigenvalue weighted by molar-refractivity contribution is 5.85. The van der Waals surface area contributed by atoms with Crippen molar-refractivity contribution < 1.29 is 18.9 Å². The van der Waals surface area contributed by atoms with Gasteiger partial charge in [-0.1, -0.05) is 343 Å². The van der Waals surface area contributed by atoms with Crippen molar-refractivity contribution in [1.29, 1.82) is 0 Å². The first kappa shape index (κ1) is 74.8. The predicted octanol–water partition coefficient (Wildman–Crippen LogP) is 23.8. The second-order valence-electron chi connectivity index (χ2n) is 24.9. The van der Waals surface area contributed by atoms with Gasteiger partial charge in [-0.3, -0.25) is 4.79 Å². The molecule has 0 saturated carbocycles. The minimum atomic E-state index is 0.0573. The van der Waals surface area contributed by atoms with Crippen molar-refractivity contribution in [2.24, 2.45) is 0 Å². The molecule has 0 aliphatic carbocycles. The van der Waals surface area contributed by atoms with Gasteiger partial charge >= 0.3 is 11.8 Å². The van der Waals surface area contributed by atoms with Gasteiger partial charge in [0, 0.05) is 19.5 Å². The lowest BCUT2D eigenvalue weighted by molar-refractivity contribution is -0.780. The molecule has 0 aliphatic rings. The van der Waals surface area contributed by atoms with Crippen LogP contribution >= 0.6 is 0 Å². The van der Waals surface area contributed by atoms with Gasteiger partial charge in [-0.05, 0) is 51.4 Å². The van der Waals surface area contributed by atoms with Crippen molar-refractivity contribution in [1.82, 2.24) is 4.90 Å². The molecule has 0 radical (unpaired) electrons. The summed E-state index contributed by atoms with van der Waals surface area (Å²) in [4.78, 5) is 46.1. The van der Waals surface area contributed by atoms with Gasteiger partial charge in [-0.25, -0.2) is 9.59 Å². The Hall–Kier alpha value is -1.23. The number of amides is 3. The Morgan fingerprint density at radius 3 is 0.671 bits per heavy atom. The number of carbonyl (C=O) groups is 3. The molecule has 76 heavy (non-hydrogen) atoms. The van der Waals surface area contributed by atoms with E-state index in [1.165, 1.54) is 302 Å². The van der Waals surface area contributed by atoms with Crippen molar-refractivity contribution >= 4 is 17.7 Å². The smallest absolute Gasteiger partial charge is 0.321 e. The van der Waals surface area contributed by atoms with Gasteiger partial charge in [-0.2, -0.15) is 4.48 Å². The monoisotopic (exact) mass is 1070 g/mol. The summed E-state index contributed by atoms with van der Waals surface area (Å²) in [5.41, 5.74) is 0. The van der Waals surface area contributed by atoms with E-state index in [2.05, 4.69) is 39.5 Å². The standard InChI is InChI=1S/C71H141N2O3/c1-6-11-16-21-26-31-36-37-38-39-40-41-46-51-56-63-70(75)73(67-59-54-49-44-34-29-24-19-14-9-4,68-60-55-50-45-35-30-25-20-15-10-5)71(76)64-61-62-69(74)72(65-57-52-47-42-32-27-22-17-12-7-2)66-58-53-48-43-33-28-23-18-13-8-3/h6-68H2,1-5H3/q+1. The van der Waals surface area contributed by atoms with Crippen LogP contribution in [-0.2, 0) is 14.4 Å². The van der Waals surface area contributed by atoms with Gasteiger partial charge in [0.15, 0.2) is 0 Å². The highest BCUT2D eigenvalue weighted by atomic mass is 16.2. The van der Waals surface area contributed by atoms with Crippen molar-refractivity contribution in [3.63, 3.8) is 0 Å². The number of nitrogens with zero attached hydrogens (tertiary/aromatic N) is 2. The molecule has 0 atom stereocenters. The largest absolute Gasteiger partial charge is 0.343 e. The van der Waals surface area contributed by atoms with Crippen LogP contribution in [0.4, 0.5) is 0 Å². The van der Waals surface area contributed by atoms with Gasteiger partial charge in [-0.15, -0.1) is 0 Å². The molecule has 0 bridgehead atoms. The Morgan fingerprint density at radius 2 is 0.421 bits per heavy atom. The van der Waals surface area contributed by atoms with Crippen LogP contribution in [0.3, 0.4) is 0 Å². The Kier molecular flexibility index (Phi) is 60.4. The summed E-state index contributed by atoms with van der Waals surface area (Å²) in [6.07, 6.45) is 72.7. The predicted molar refractivity (Wildman–Crippen MR) is 337 cm³/mol. The summed E-state index contributed by atoms with van der Waals surface area (Å²) in [5.74, 6) is 0.564. The molecule has 5 heteroatoms. The molecule has 3 amide bonds. The maximum atomic E-state index is 15.0. The quantitative estimate of drug-likeness (QED) is 0.0450. The molecule has 5 nitrogen and oxygen atoms in total. The normalized spacial score (nSPS) is 11.8. The number of rotatable bonds is 64. The lowest BCUT2D eigenvalue weighted by Crippen LogP contribution is -2.58. The second-order valence-corrected chi connectivity index (χ2v) is 24.9. The van der Waals surface area contributed by atoms with Gasteiger partial charge < -0.3 is 4.90 Å². The fraction of sp³-hybridized carbons (Fsp3) is 0.958.